The lowest BCUT2D eigenvalue weighted by atomic mass is 10.1. The first-order chi connectivity index (χ1) is 9.63. The molecule has 0 aromatic heterocycles. The molecule has 1 unspecified atom stereocenters. The summed E-state index contributed by atoms with van der Waals surface area (Å²) in [6.45, 7) is 2.92. The van der Waals surface area contributed by atoms with E-state index in [-0.39, 0.29) is 5.91 Å². The summed E-state index contributed by atoms with van der Waals surface area (Å²) in [5.74, 6) is -0.515. The van der Waals surface area contributed by atoms with Crippen LogP contribution in [0.1, 0.15) is 64.7 Å². The van der Waals surface area contributed by atoms with Crippen LogP contribution >= 0.6 is 0 Å². The summed E-state index contributed by atoms with van der Waals surface area (Å²) in [5, 5.41) is 6.26. The van der Waals surface area contributed by atoms with Gasteiger partial charge in [-0.25, -0.2) is 0 Å². The molecule has 4 N–H and O–H groups in total. The number of amides is 2. The maximum absolute atomic E-state index is 11.5. The Morgan fingerprint density at radius 1 is 1.25 bits per heavy atom. The van der Waals surface area contributed by atoms with E-state index in [4.69, 9.17) is 5.73 Å². The molecule has 20 heavy (non-hydrogen) atoms. The van der Waals surface area contributed by atoms with E-state index >= 15 is 0 Å². The standard InChI is InChI=1S/C15H29N3O2/c1-2-7-14(19)18-13(15(16)20)10-5-6-11-17-12-8-3-4-9-12/h12-13,17H,2-11H2,1H3,(H2,16,20)(H,18,19). The zero-order valence-electron chi connectivity index (χ0n) is 12.6. The summed E-state index contributed by atoms with van der Waals surface area (Å²) >= 11 is 0. The van der Waals surface area contributed by atoms with Crippen LogP contribution in [0.3, 0.4) is 0 Å². The topological polar surface area (TPSA) is 84.2 Å². The molecule has 0 heterocycles. The SMILES string of the molecule is CCCC(=O)NC(CCCCNC1CCCC1)C(N)=O. The predicted octanol–water partition coefficient (Wildman–Crippen LogP) is 1.46. The minimum atomic E-state index is -0.513. The minimum absolute atomic E-state index is 0.0830. The van der Waals surface area contributed by atoms with E-state index in [0.29, 0.717) is 18.9 Å². The molecule has 0 saturated heterocycles. The smallest absolute Gasteiger partial charge is 0.239 e. The molecule has 0 aromatic rings. The van der Waals surface area contributed by atoms with Crippen molar-refractivity contribution in [2.24, 2.45) is 5.73 Å². The number of nitrogens with one attached hydrogen (secondary N) is 2. The van der Waals surface area contributed by atoms with E-state index in [0.717, 1.165) is 25.8 Å². The molecule has 1 fully saturated rings. The second-order valence-electron chi connectivity index (χ2n) is 5.70. The maximum Gasteiger partial charge on any atom is 0.239 e. The Morgan fingerprint density at radius 2 is 1.95 bits per heavy atom. The predicted molar refractivity (Wildman–Crippen MR) is 80.1 cm³/mol. The Morgan fingerprint density at radius 3 is 2.55 bits per heavy atom. The average Bonchev–Trinajstić information content (AvgIpc) is 2.90. The van der Waals surface area contributed by atoms with Gasteiger partial charge in [0, 0.05) is 12.5 Å². The molecular formula is C15H29N3O2. The molecule has 1 rings (SSSR count). The fourth-order valence-electron chi connectivity index (χ4n) is 2.69. The van der Waals surface area contributed by atoms with E-state index in [1.165, 1.54) is 25.7 Å². The quantitative estimate of drug-likeness (QED) is 0.531. The molecule has 1 aliphatic rings. The first kappa shape index (κ1) is 17.0. The van der Waals surface area contributed by atoms with Gasteiger partial charge in [0.2, 0.25) is 11.8 Å². The van der Waals surface area contributed by atoms with E-state index in [2.05, 4.69) is 10.6 Å². The second-order valence-corrected chi connectivity index (χ2v) is 5.70. The van der Waals surface area contributed by atoms with Gasteiger partial charge in [-0.1, -0.05) is 19.8 Å². The van der Waals surface area contributed by atoms with Crippen LogP contribution in [0.5, 0.6) is 0 Å². The number of carbonyl (C=O) groups excluding carboxylic acids is 2. The first-order valence-corrected chi connectivity index (χ1v) is 7.95. The van der Waals surface area contributed by atoms with Gasteiger partial charge >= 0.3 is 0 Å². The van der Waals surface area contributed by atoms with E-state index in [9.17, 15) is 9.59 Å². The molecule has 0 radical (unpaired) electrons. The number of carbonyl (C=O) groups is 2. The fourth-order valence-corrected chi connectivity index (χ4v) is 2.69. The van der Waals surface area contributed by atoms with Gasteiger partial charge in [0.05, 0.1) is 0 Å². The number of rotatable bonds is 10. The van der Waals surface area contributed by atoms with Gasteiger partial charge in [-0.15, -0.1) is 0 Å². The molecular weight excluding hydrogens is 254 g/mol. The van der Waals surface area contributed by atoms with Crippen LogP contribution in [0, 0.1) is 0 Å². The number of primary amides is 1. The normalized spacial score (nSPS) is 17.1. The summed E-state index contributed by atoms with van der Waals surface area (Å²) in [5.41, 5.74) is 5.33. The lowest BCUT2D eigenvalue weighted by Crippen LogP contribution is -2.44. The molecule has 0 aliphatic heterocycles. The number of unbranched alkanes of at least 4 members (excludes halogenated alkanes) is 1. The van der Waals surface area contributed by atoms with Crippen molar-refractivity contribution in [1.82, 2.24) is 10.6 Å². The molecule has 0 spiro atoms. The second kappa shape index (κ2) is 9.75. The number of hydrogen-bond donors (Lipinski definition) is 3. The largest absolute Gasteiger partial charge is 0.368 e. The molecule has 1 aliphatic carbocycles. The van der Waals surface area contributed by atoms with E-state index in [1.54, 1.807) is 0 Å². The highest BCUT2D eigenvalue weighted by Gasteiger charge is 2.17. The van der Waals surface area contributed by atoms with Crippen LogP contribution in [0.25, 0.3) is 0 Å². The Labute approximate surface area is 122 Å². The third-order valence-electron chi connectivity index (χ3n) is 3.86. The van der Waals surface area contributed by atoms with Gasteiger partial charge in [-0.3, -0.25) is 9.59 Å². The lowest BCUT2D eigenvalue weighted by Gasteiger charge is -2.16. The molecule has 1 atom stereocenters. The van der Waals surface area contributed by atoms with E-state index < -0.39 is 11.9 Å². The third kappa shape index (κ3) is 6.89. The Hall–Kier alpha value is -1.10. The number of nitrogens with two attached hydrogens (primary N) is 1. The van der Waals surface area contributed by atoms with Crippen molar-refractivity contribution < 1.29 is 9.59 Å². The summed E-state index contributed by atoms with van der Waals surface area (Å²) in [4.78, 5) is 22.8. The van der Waals surface area contributed by atoms with Crippen LogP contribution < -0.4 is 16.4 Å². The van der Waals surface area contributed by atoms with Crippen molar-refractivity contribution in [2.75, 3.05) is 6.54 Å². The van der Waals surface area contributed by atoms with E-state index in [1.807, 2.05) is 6.92 Å². The van der Waals surface area contributed by atoms with Crippen molar-refractivity contribution in [3.8, 4) is 0 Å². The van der Waals surface area contributed by atoms with Crippen molar-refractivity contribution in [3.05, 3.63) is 0 Å². The average molecular weight is 283 g/mol. The van der Waals surface area contributed by atoms with Crippen molar-refractivity contribution in [1.29, 1.82) is 0 Å². The zero-order valence-corrected chi connectivity index (χ0v) is 12.6. The number of hydrogen-bond acceptors (Lipinski definition) is 3. The molecule has 5 nitrogen and oxygen atoms in total. The third-order valence-corrected chi connectivity index (χ3v) is 3.86. The van der Waals surface area contributed by atoms with Crippen LogP contribution in [-0.2, 0) is 9.59 Å². The highest BCUT2D eigenvalue weighted by molar-refractivity contribution is 5.86. The zero-order chi connectivity index (χ0) is 14.8. The van der Waals surface area contributed by atoms with Crippen molar-refractivity contribution in [2.45, 2.75) is 76.8 Å². The van der Waals surface area contributed by atoms with Crippen molar-refractivity contribution in [3.63, 3.8) is 0 Å². The molecule has 2 amide bonds. The summed E-state index contributed by atoms with van der Waals surface area (Å²) in [6.07, 6.45) is 9.04. The van der Waals surface area contributed by atoms with Gasteiger partial charge in [0.25, 0.3) is 0 Å². The van der Waals surface area contributed by atoms with Gasteiger partial charge in [-0.2, -0.15) is 0 Å². The van der Waals surface area contributed by atoms with Gasteiger partial charge < -0.3 is 16.4 Å². The van der Waals surface area contributed by atoms with Crippen LogP contribution in [0.4, 0.5) is 0 Å². The summed E-state index contributed by atoms with van der Waals surface area (Å²) < 4.78 is 0. The summed E-state index contributed by atoms with van der Waals surface area (Å²) in [6, 6.07) is 0.173. The van der Waals surface area contributed by atoms with Gasteiger partial charge in [0.15, 0.2) is 0 Å². The molecule has 0 aromatic carbocycles. The minimum Gasteiger partial charge on any atom is -0.368 e. The molecule has 5 heteroatoms. The molecule has 1 saturated carbocycles. The van der Waals surface area contributed by atoms with Gasteiger partial charge in [-0.05, 0) is 45.1 Å². The lowest BCUT2D eigenvalue weighted by molar-refractivity contribution is -0.127. The Kier molecular flexibility index (Phi) is 8.26. The van der Waals surface area contributed by atoms with Crippen molar-refractivity contribution >= 4 is 11.8 Å². The monoisotopic (exact) mass is 283 g/mol. The van der Waals surface area contributed by atoms with Crippen LogP contribution in [0.15, 0.2) is 0 Å². The Bertz CT molecular complexity index is 301. The van der Waals surface area contributed by atoms with Gasteiger partial charge in [0.1, 0.15) is 6.04 Å². The first-order valence-electron chi connectivity index (χ1n) is 7.95. The molecule has 0 bridgehead atoms. The van der Waals surface area contributed by atoms with Crippen LogP contribution in [-0.4, -0.2) is 30.4 Å². The van der Waals surface area contributed by atoms with Crippen LogP contribution in [0.2, 0.25) is 0 Å². The summed E-state index contributed by atoms with van der Waals surface area (Å²) in [7, 11) is 0. The maximum atomic E-state index is 11.5. The Balaban J connectivity index is 2.11. The fraction of sp³-hybridized carbons (Fsp3) is 0.867. The highest BCUT2D eigenvalue weighted by atomic mass is 16.2. The molecule has 116 valence electrons. The highest BCUT2D eigenvalue weighted by Crippen LogP contribution is 2.17.